The number of aromatic nitrogens is 4. The first kappa shape index (κ1) is 23.3. The summed E-state index contributed by atoms with van der Waals surface area (Å²) >= 11 is 0. The number of anilines is 3. The summed E-state index contributed by atoms with van der Waals surface area (Å²) in [7, 11) is -4.05. The number of halogens is 1. The molecule has 4 heterocycles. The van der Waals surface area contributed by atoms with Crippen LogP contribution in [0.4, 0.5) is 21.6 Å². The number of pyridine rings is 2. The second kappa shape index (κ2) is 9.09. The number of hydrogen-bond acceptors (Lipinski definition) is 8. The Morgan fingerprint density at radius 2 is 1.92 bits per heavy atom. The number of fused-ring (bicyclic) bond motifs is 2. The van der Waals surface area contributed by atoms with E-state index in [0.29, 0.717) is 39.0 Å². The molecule has 188 valence electrons. The zero-order chi connectivity index (χ0) is 25.6. The molecule has 1 aliphatic rings. The monoisotopic (exact) mass is 517 g/mol. The van der Waals surface area contributed by atoms with Gasteiger partial charge in [0.05, 0.1) is 22.9 Å². The average molecular weight is 518 g/mol. The first-order chi connectivity index (χ1) is 17.9. The lowest BCUT2D eigenvalue weighted by molar-refractivity contribution is 0.478. The van der Waals surface area contributed by atoms with E-state index in [0.717, 1.165) is 23.7 Å². The van der Waals surface area contributed by atoms with Crippen LogP contribution in [0, 0.1) is 5.82 Å². The molecule has 0 saturated carbocycles. The Morgan fingerprint density at radius 1 is 1.05 bits per heavy atom. The molecule has 11 heteroatoms. The van der Waals surface area contributed by atoms with Gasteiger partial charge < -0.3 is 15.5 Å². The van der Waals surface area contributed by atoms with Crippen LogP contribution in [0.2, 0.25) is 0 Å². The lowest BCUT2D eigenvalue weighted by Gasteiger charge is -2.33. The van der Waals surface area contributed by atoms with Crippen LogP contribution in [0.5, 0.6) is 0 Å². The van der Waals surface area contributed by atoms with Gasteiger partial charge in [-0.1, -0.05) is 18.2 Å². The van der Waals surface area contributed by atoms with Gasteiger partial charge in [-0.2, -0.15) is 17.6 Å². The van der Waals surface area contributed by atoms with Crippen molar-refractivity contribution in [2.24, 2.45) is 0 Å². The van der Waals surface area contributed by atoms with E-state index in [2.05, 4.69) is 32.6 Å². The minimum atomic E-state index is -4.05. The maximum Gasteiger partial charge on any atom is 0.285 e. The van der Waals surface area contributed by atoms with Gasteiger partial charge in [-0.3, -0.25) is 4.98 Å². The highest BCUT2D eigenvalue weighted by atomic mass is 32.2. The average Bonchev–Trinajstić information content (AvgIpc) is 3.33. The largest absolute Gasteiger partial charge is 0.366 e. The molecular formula is C26H24FN7O2S. The van der Waals surface area contributed by atoms with Gasteiger partial charge in [0.25, 0.3) is 10.0 Å². The Hall–Kier alpha value is -4.09. The van der Waals surface area contributed by atoms with Crippen LogP contribution in [-0.2, 0) is 10.0 Å². The van der Waals surface area contributed by atoms with E-state index in [1.165, 1.54) is 24.5 Å². The highest BCUT2D eigenvalue weighted by Gasteiger charge is 2.24. The van der Waals surface area contributed by atoms with Gasteiger partial charge in [0.15, 0.2) is 0 Å². The molecule has 0 aliphatic carbocycles. The van der Waals surface area contributed by atoms with Crippen LogP contribution in [-0.4, -0.2) is 53.2 Å². The van der Waals surface area contributed by atoms with Crippen LogP contribution in [0.3, 0.4) is 0 Å². The zero-order valence-electron chi connectivity index (χ0n) is 20.0. The number of piperazine rings is 1. The van der Waals surface area contributed by atoms with E-state index in [4.69, 9.17) is 0 Å². The molecule has 37 heavy (non-hydrogen) atoms. The minimum Gasteiger partial charge on any atom is -0.366 e. The van der Waals surface area contributed by atoms with Crippen molar-refractivity contribution >= 4 is 49.0 Å². The van der Waals surface area contributed by atoms with Crippen molar-refractivity contribution in [2.45, 2.75) is 17.9 Å². The molecule has 2 aromatic carbocycles. The predicted molar refractivity (Wildman–Crippen MR) is 141 cm³/mol. The molecule has 3 aromatic heterocycles. The van der Waals surface area contributed by atoms with Crippen molar-refractivity contribution in [2.75, 3.05) is 29.9 Å². The van der Waals surface area contributed by atoms with Crippen LogP contribution in [0.15, 0.2) is 78.1 Å². The molecule has 1 atom stereocenters. The fourth-order valence-electron chi connectivity index (χ4n) is 4.67. The summed E-state index contributed by atoms with van der Waals surface area (Å²) in [6.07, 6.45) is 4.54. The lowest BCUT2D eigenvalue weighted by Crippen LogP contribution is -2.49. The summed E-state index contributed by atoms with van der Waals surface area (Å²) in [6, 6.07) is 15.4. The Labute approximate surface area is 213 Å². The summed E-state index contributed by atoms with van der Waals surface area (Å²) in [5.74, 6) is 0.0275. The zero-order valence-corrected chi connectivity index (χ0v) is 20.8. The first-order valence-corrected chi connectivity index (χ1v) is 13.3. The second-order valence-corrected chi connectivity index (χ2v) is 10.8. The summed E-state index contributed by atoms with van der Waals surface area (Å²) < 4.78 is 43.2. The van der Waals surface area contributed by atoms with Gasteiger partial charge in [0.2, 0.25) is 0 Å². The summed E-state index contributed by atoms with van der Waals surface area (Å²) in [4.78, 5) is 10.7. The van der Waals surface area contributed by atoms with Gasteiger partial charge in [0, 0.05) is 60.6 Å². The number of nitrogens with one attached hydrogen (secondary N) is 2. The molecule has 5 aromatic rings. The highest BCUT2D eigenvalue weighted by Crippen LogP contribution is 2.28. The van der Waals surface area contributed by atoms with Crippen LogP contribution < -0.4 is 15.5 Å². The van der Waals surface area contributed by atoms with Gasteiger partial charge in [-0.15, -0.1) is 0 Å². The molecule has 1 fully saturated rings. The van der Waals surface area contributed by atoms with Crippen molar-refractivity contribution in [3.05, 3.63) is 79.0 Å². The fraction of sp³-hybridized carbons (Fsp3) is 0.192. The smallest absolute Gasteiger partial charge is 0.285 e. The molecule has 0 amide bonds. The molecule has 6 rings (SSSR count). The molecule has 0 spiro atoms. The number of benzene rings is 2. The second-order valence-electron chi connectivity index (χ2n) is 9.04. The van der Waals surface area contributed by atoms with Crippen LogP contribution in [0.1, 0.15) is 6.92 Å². The Balaban J connectivity index is 1.33. The maximum absolute atomic E-state index is 15.0. The van der Waals surface area contributed by atoms with E-state index in [9.17, 15) is 12.8 Å². The molecule has 9 nitrogen and oxygen atoms in total. The molecule has 1 aliphatic heterocycles. The molecule has 2 N–H and O–H groups in total. The number of para-hydroxylation sites is 1. The fourth-order valence-corrected chi connectivity index (χ4v) is 6.11. The van der Waals surface area contributed by atoms with Gasteiger partial charge in [-0.25, -0.2) is 9.37 Å². The highest BCUT2D eigenvalue weighted by molar-refractivity contribution is 7.90. The first-order valence-electron chi connectivity index (χ1n) is 11.9. The lowest BCUT2D eigenvalue weighted by atomic mass is 10.2. The Kier molecular flexibility index (Phi) is 5.73. The molecule has 0 unspecified atom stereocenters. The van der Waals surface area contributed by atoms with E-state index in [1.807, 2.05) is 17.0 Å². The minimum absolute atomic E-state index is 0.0572. The Morgan fingerprint density at radius 3 is 2.76 bits per heavy atom. The third-order valence-electron chi connectivity index (χ3n) is 6.45. The van der Waals surface area contributed by atoms with Crippen molar-refractivity contribution in [3.63, 3.8) is 0 Å². The van der Waals surface area contributed by atoms with Crippen molar-refractivity contribution in [1.29, 1.82) is 0 Å². The normalized spacial score (nSPS) is 16.4. The standard InChI is InChI=1S/C26H24FN7O2S/c1-17-16-33(11-10-28-17)22-8-7-20(12-21(22)27)32-25-13-23-19(14-30-25)15-31-34(23)37(35,36)24-6-2-4-18-5-3-9-29-26(18)24/h2-9,12-15,17,28H,10-11,16H2,1H3,(H,30,32)/t17-/m1/s1. The van der Waals surface area contributed by atoms with E-state index >= 15 is 0 Å². The maximum atomic E-state index is 15.0. The van der Waals surface area contributed by atoms with Crippen molar-refractivity contribution in [1.82, 2.24) is 24.5 Å². The topological polar surface area (TPSA) is 105 Å². The van der Waals surface area contributed by atoms with Gasteiger partial charge in [-0.05, 0) is 37.3 Å². The third-order valence-corrected chi connectivity index (χ3v) is 8.08. The van der Waals surface area contributed by atoms with Crippen LogP contribution in [0.25, 0.3) is 21.8 Å². The number of nitrogens with zero attached hydrogens (tertiary/aromatic N) is 5. The predicted octanol–water partition coefficient (Wildman–Crippen LogP) is 3.90. The Bertz CT molecular complexity index is 1730. The van der Waals surface area contributed by atoms with Crippen molar-refractivity contribution < 1.29 is 12.8 Å². The summed E-state index contributed by atoms with van der Waals surface area (Å²) in [6.45, 7) is 4.34. The summed E-state index contributed by atoms with van der Waals surface area (Å²) in [5, 5.41) is 11.8. The van der Waals surface area contributed by atoms with Gasteiger partial charge in [0.1, 0.15) is 16.5 Å². The van der Waals surface area contributed by atoms with E-state index in [-0.39, 0.29) is 16.8 Å². The number of rotatable bonds is 5. The van der Waals surface area contributed by atoms with E-state index in [1.54, 1.807) is 36.5 Å². The SMILES string of the molecule is C[C@@H]1CN(c2ccc(Nc3cc4c(cn3)cnn4S(=O)(=O)c3cccc4cccnc34)cc2F)CCN1. The van der Waals surface area contributed by atoms with Crippen molar-refractivity contribution in [3.8, 4) is 0 Å². The summed E-state index contributed by atoms with van der Waals surface area (Å²) in [5.41, 5.74) is 1.77. The van der Waals surface area contributed by atoms with Gasteiger partial charge >= 0.3 is 0 Å². The number of hydrogen-bond donors (Lipinski definition) is 2. The third kappa shape index (κ3) is 4.25. The molecule has 1 saturated heterocycles. The molecule has 0 bridgehead atoms. The molecular weight excluding hydrogens is 493 g/mol. The molecule has 0 radical (unpaired) electrons. The van der Waals surface area contributed by atoms with Crippen LogP contribution >= 0.6 is 0 Å². The quantitative estimate of drug-likeness (QED) is 0.362. The van der Waals surface area contributed by atoms with E-state index < -0.39 is 10.0 Å².